The lowest BCUT2D eigenvalue weighted by atomic mass is 10.1. The van der Waals surface area contributed by atoms with Crippen molar-refractivity contribution in [3.63, 3.8) is 0 Å². The van der Waals surface area contributed by atoms with Crippen LogP contribution in [0.3, 0.4) is 0 Å². The van der Waals surface area contributed by atoms with Crippen molar-refractivity contribution < 1.29 is 21.2 Å². The quantitative estimate of drug-likeness (QED) is 0.561. The van der Waals surface area contributed by atoms with Crippen LogP contribution in [0.5, 0.6) is 0 Å². The molecule has 32 heavy (non-hydrogen) atoms. The van der Waals surface area contributed by atoms with E-state index in [1.54, 1.807) is 6.92 Å². The molecule has 1 aliphatic heterocycles. The van der Waals surface area contributed by atoms with Gasteiger partial charge in [0.25, 0.3) is 0 Å². The van der Waals surface area contributed by atoms with Crippen molar-refractivity contribution in [3.8, 4) is 0 Å². The zero-order valence-electron chi connectivity index (χ0n) is 17.4. The number of piperidine rings is 1. The van der Waals surface area contributed by atoms with Crippen molar-refractivity contribution in [3.05, 3.63) is 59.4 Å². The fraction of sp³-hybridized carbons (Fsp3) is 0.350. The Kier molecular flexibility index (Phi) is 5.50. The molecule has 1 aliphatic rings. The number of benzene rings is 1. The Morgan fingerprint density at radius 2 is 1.78 bits per heavy atom. The first-order valence-corrected chi connectivity index (χ1v) is 13.1. The summed E-state index contributed by atoms with van der Waals surface area (Å²) in [6, 6.07) is 4.85. The number of fused-ring (bicyclic) bond motifs is 1. The minimum absolute atomic E-state index is 0.0672. The first-order valence-electron chi connectivity index (χ1n) is 9.75. The molecular weight excluding hydrogens is 459 g/mol. The lowest BCUT2D eigenvalue weighted by molar-refractivity contribution is 0.272. The Labute approximate surface area is 185 Å². The van der Waals surface area contributed by atoms with E-state index in [1.807, 2.05) is 0 Å². The highest BCUT2D eigenvalue weighted by Gasteiger charge is 2.33. The number of rotatable bonds is 4. The molecule has 12 heteroatoms. The summed E-state index contributed by atoms with van der Waals surface area (Å²) in [6.07, 6.45) is 2.74. The molecule has 4 rings (SSSR count). The average Bonchev–Trinajstić information content (AvgIpc) is 2.97. The topological polar surface area (TPSA) is 111 Å². The lowest BCUT2D eigenvalue weighted by Gasteiger charge is -2.31. The highest BCUT2D eigenvalue weighted by atomic mass is 32.2. The van der Waals surface area contributed by atoms with Crippen molar-refractivity contribution >= 4 is 31.0 Å². The predicted molar refractivity (Wildman–Crippen MR) is 115 cm³/mol. The van der Waals surface area contributed by atoms with E-state index in [9.17, 15) is 26.0 Å². The van der Waals surface area contributed by atoms with Gasteiger partial charge < -0.3 is 0 Å². The number of nitrogens with zero attached hydrogens (tertiary/aromatic N) is 4. The summed E-state index contributed by atoms with van der Waals surface area (Å²) in [6.45, 7) is 1.82. The molecule has 1 saturated heterocycles. The van der Waals surface area contributed by atoms with Crippen molar-refractivity contribution in [2.75, 3.05) is 19.3 Å². The lowest BCUT2D eigenvalue weighted by Crippen LogP contribution is -2.41. The third kappa shape index (κ3) is 3.76. The molecule has 0 amide bonds. The van der Waals surface area contributed by atoms with Crippen LogP contribution in [0.2, 0.25) is 0 Å². The van der Waals surface area contributed by atoms with E-state index >= 15 is 0 Å². The van der Waals surface area contributed by atoms with Gasteiger partial charge in [-0.05, 0) is 43.5 Å². The number of pyridine rings is 1. The van der Waals surface area contributed by atoms with Crippen molar-refractivity contribution in [2.24, 2.45) is 0 Å². The SMILES string of the molecule is [CH]n1c(=O)n(C2CCN(S(=O)(=O)c3ccc(C)cc3F)CC2)c2ncc(S(C)(=O)=O)cc21. The Morgan fingerprint density at radius 3 is 2.38 bits per heavy atom. The average molecular weight is 481 g/mol. The summed E-state index contributed by atoms with van der Waals surface area (Å²) in [5.74, 6) is -0.805. The number of halogens is 1. The van der Waals surface area contributed by atoms with Crippen LogP contribution in [0.4, 0.5) is 4.39 Å². The maximum atomic E-state index is 14.3. The zero-order chi connectivity index (χ0) is 23.4. The Bertz CT molecular complexity index is 1480. The number of aryl methyl sites for hydroxylation is 1. The van der Waals surface area contributed by atoms with Gasteiger partial charge in [0.2, 0.25) is 10.0 Å². The van der Waals surface area contributed by atoms with Crippen LogP contribution in [-0.2, 0) is 19.9 Å². The van der Waals surface area contributed by atoms with E-state index < -0.39 is 37.4 Å². The predicted octanol–water partition coefficient (Wildman–Crippen LogP) is 1.59. The maximum absolute atomic E-state index is 14.3. The van der Waals surface area contributed by atoms with Crippen molar-refractivity contribution in [2.45, 2.75) is 35.6 Å². The minimum Gasteiger partial charge on any atom is -0.283 e. The van der Waals surface area contributed by atoms with Gasteiger partial charge in [0, 0.05) is 31.6 Å². The molecule has 0 unspecified atom stereocenters. The van der Waals surface area contributed by atoms with Crippen LogP contribution in [0.25, 0.3) is 11.2 Å². The molecule has 1 fully saturated rings. The van der Waals surface area contributed by atoms with Gasteiger partial charge in [0.05, 0.1) is 17.5 Å². The second-order valence-corrected chi connectivity index (χ2v) is 11.8. The highest BCUT2D eigenvalue weighted by Crippen LogP contribution is 2.29. The zero-order valence-corrected chi connectivity index (χ0v) is 19.0. The second kappa shape index (κ2) is 7.78. The molecule has 2 aromatic heterocycles. The van der Waals surface area contributed by atoms with E-state index in [1.165, 1.54) is 33.1 Å². The van der Waals surface area contributed by atoms with Crippen LogP contribution in [-0.4, -0.2) is 54.6 Å². The van der Waals surface area contributed by atoms with Gasteiger partial charge in [-0.15, -0.1) is 0 Å². The van der Waals surface area contributed by atoms with Crippen molar-refractivity contribution in [1.29, 1.82) is 0 Å². The summed E-state index contributed by atoms with van der Waals surface area (Å²) >= 11 is 0. The Hall–Kier alpha value is -2.57. The summed E-state index contributed by atoms with van der Waals surface area (Å²) in [7, 11) is -1.71. The van der Waals surface area contributed by atoms with E-state index in [2.05, 4.69) is 4.98 Å². The molecule has 0 N–H and O–H groups in total. The minimum atomic E-state index is -4.03. The number of hydrogen-bond acceptors (Lipinski definition) is 6. The van der Waals surface area contributed by atoms with E-state index in [0.717, 1.165) is 17.0 Å². The van der Waals surface area contributed by atoms with Gasteiger partial charge in [-0.1, -0.05) is 6.07 Å². The summed E-state index contributed by atoms with van der Waals surface area (Å²) in [5, 5.41) is 0. The fourth-order valence-electron chi connectivity index (χ4n) is 3.93. The Morgan fingerprint density at radius 1 is 1.12 bits per heavy atom. The van der Waals surface area contributed by atoms with Crippen LogP contribution >= 0.6 is 0 Å². The second-order valence-electron chi connectivity index (χ2n) is 7.88. The summed E-state index contributed by atoms with van der Waals surface area (Å²) < 4.78 is 67.1. The number of hydrogen-bond donors (Lipinski definition) is 0. The molecule has 0 bridgehead atoms. The summed E-state index contributed by atoms with van der Waals surface area (Å²) in [4.78, 5) is 16.4. The number of aromatic nitrogens is 3. The molecule has 0 spiro atoms. The molecule has 0 aliphatic carbocycles. The smallest absolute Gasteiger partial charge is 0.283 e. The monoisotopic (exact) mass is 480 g/mol. The van der Waals surface area contributed by atoms with Crippen molar-refractivity contribution in [1.82, 2.24) is 18.4 Å². The molecule has 3 aromatic rings. The van der Waals surface area contributed by atoms with Crippen LogP contribution < -0.4 is 5.69 Å². The fourth-order valence-corrected chi connectivity index (χ4v) is 6.01. The van der Waals surface area contributed by atoms with Gasteiger partial charge in [0.1, 0.15) is 10.7 Å². The molecule has 9 nitrogen and oxygen atoms in total. The van der Waals surface area contributed by atoms with Gasteiger partial charge in [-0.2, -0.15) is 4.31 Å². The number of sulfone groups is 1. The molecular formula is C20H21FN4O5S2. The third-order valence-corrected chi connectivity index (χ3v) is 8.66. The van der Waals surface area contributed by atoms with Crippen LogP contribution in [0.15, 0.2) is 45.0 Å². The largest absolute Gasteiger partial charge is 0.330 e. The normalized spacial score (nSPS) is 16.6. The van der Waals surface area contributed by atoms with Gasteiger partial charge in [-0.3, -0.25) is 9.13 Å². The van der Waals surface area contributed by atoms with E-state index in [-0.39, 0.29) is 46.9 Å². The van der Waals surface area contributed by atoms with E-state index in [0.29, 0.717) is 5.56 Å². The van der Waals surface area contributed by atoms with Crippen LogP contribution in [0, 0.1) is 19.8 Å². The molecule has 3 heterocycles. The summed E-state index contributed by atoms with van der Waals surface area (Å²) in [5.41, 5.74) is 0.416. The van der Waals surface area contributed by atoms with E-state index in [4.69, 9.17) is 7.05 Å². The van der Waals surface area contributed by atoms with Gasteiger partial charge in [-0.25, -0.2) is 31.0 Å². The molecule has 0 atom stereocenters. The third-order valence-electron chi connectivity index (χ3n) is 5.64. The molecule has 170 valence electrons. The van der Waals surface area contributed by atoms with Gasteiger partial charge in [0.15, 0.2) is 15.5 Å². The van der Waals surface area contributed by atoms with Gasteiger partial charge >= 0.3 is 5.69 Å². The first kappa shape index (κ1) is 22.6. The number of imidazole rings is 1. The molecule has 2 radical (unpaired) electrons. The molecule has 0 saturated carbocycles. The first-order chi connectivity index (χ1) is 14.9. The Balaban J connectivity index is 1.64. The standard InChI is InChI=1S/C20H21FN4O5S2/c1-13-4-5-18(16(21)10-13)32(29,30)24-8-6-14(7-9-24)25-19-17(23(2)20(25)26)11-15(12-22-19)31(3,27)28/h2,4-5,10-12,14H,6-9H2,1,3H3. The van der Waals surface area contributed by atoms with Crippen LogP contribution in [0.1, 0.15) is 24.4 Å². The maximum Gasteiger partial charge on any atom is 0.330 e. The highest BCUT2D eigenvalue weighted by molar-refractivity contribution is 7.90. The number of sulfonamides is 1. The molecule has 1 aromatic carbocycles.